The Kier molecular flexibility index (Phi) is 6.82. The first-order valence-corrected chi connectivity index (χ1v) is 10.4. The summed E-state index contributed by atoms with van der Waals surface area (Å²) in [5.41, 5.74) is 4.00. The second kappa shape index (κ2) is 9.39. The number of ether oxygens (including phenoxy) is 2. The van der Waals surface area contributed by atoms with Crippen LogP contribution < -0.4 is 4.74 Å². The van der Waals surface area contributed by atoms with Crippen LogP contribution in [0.3, 0.4) is 0 Å². The van der Waals surface area contributed by atoms with E-state index in [1.54, 1.807) is 0 Å². The number of halogens is 1. The lowest BCUT2D eigenvalue weighted by molar-refractivity contribution is 0.263. The minimum Gasteiger partial charge on any atom is -0.507 e. The van der Waals surface area contributed by atoms with E-state index in [4.69, 9.17) is 9.47 Å². The molecule has 0 aromatic heterocycles. The van der Waals surface area contributed by atoms with Crippen molar-refractivity contribution in [3.8, 4) is 23.0 Å². The SMILES string of the molecule is COC1=C(c2ccc(O)c(F)c2)Oc2c(CC=C(C)C)c(O)c(CC=C(C)C)c(O)c2C1. The highest BCUT2D eigenvalue weighted by atomic mass is 19.1. The Bertz CT molecular complexity index is 1130. The van der Waals surface area contributed by atoms with Gasteiger partial charge >= 0.3 is 0 Å². The predicted molar refractivity (Wildman–Crippen MR) is 122 cm³/mol. The first-order chi connectivity index (χ1) is 15.1. The van der Waals surface area contributed by atoms with Gasteiger partial charge < -0.3 is 24.8 Å². The van der Waals surface area contributed by atoms with Crippen molar-refractivity contribution in [1.29, 1.82) is 0 Å². The zero-order chi connectivity index (χ0) is 23.6. The second-order valence-electron chi connectivity index (χ2n) is 8.33. The van der Waals surface area contributed by atoms with E-state index in [1.807, 2.05) is 39.8 Å². The Morgan fingerprint density at radius 2 is 1.62 bits per heavy atom. The number of hydrogen-bond acceptors (Lipinski definition) is 5. The topological polar surface area (TPSA) is 79.2 Å². The van der Waals surface area contributed by atoms with Gasteiger partial charge in [-0.15, -0.1) is 0 Å². The van der Waals surface area contributed by atoms with Crippen LogP contribution in [0.4, 0.5) is 4.39 Å². The monoisotopic (exact) mass is 440 g/mol. The molecule has 0 radical (unpaired) electrons. The summed E-state index contributed by atoms with van der Waals surface area (Å²) in [6.07, 6.45) is 4.89. The van der Waals surface area contributed by atoms with Crippen LogP contribution in [-0.4, -0.2) is 22.4 Å². The Balaban J connectivity index is 2.21. The second-order valence-corrected chi connectivity index (χ2v) is 8.33. The minimum absolute atomic E-state index is 0.0200. The molecule has 0 saturated carbocycles. The van der Waals surface area contributed by atoms with E-state index in [9.17, 15) is 19.7 Å². The van der Waals surface area contributed by atoms with E-state index in [0.717, 1.165) is 17.2 Å². The Morgan fingerprint density at radius 3 is 2.19 bits per heavy atom. The molecule has 0 bridgehead atoms. The summed E-state index contributed by atoms with van der Waals surface area (Å²) in [6.45, 7) is 7.83. The summed E-state index contributed by atoms with van der Waals surface area (Å²) in [5.74, 6) is -0.295. The molecule has 3 N–H and O–H groups in total. The Morgan fingerprint density at radius 1 is 1.00 bits per heavy atom. The predicted octanol–water partition coefficient (Wildman–Crippen LogP) is 5.91. The lowest BCUT2D eigenvalue weighted by Crippen LogP contribution is -2.14. The van der Waals surface area contributed by atoms with Crippen molar-refractivity contribution in [3.05, 3.63) is 75.3 Å². The molecule has 0 spiro atoms. The summed E-state index contributed by atoms with van der Waals surface area (Å²) in [5, 5.41) is 31.6. The molecule has 6 heteroatoms. The fraction of sp³-hybridized carbons (Fsp3) is 0.308. The van der Waals surface area contributed by atoms with Crippen molar-refractivity contribution in [2.45, 2.75) is 47.0 Å². The van der Waals surface area contributed by atoms with Crippen molar-refractivity contribution in [2.75, 3.05) is 7.11 Å². The van der Waals surface area contributed by atoms with Gasteiger partial charge in [-0.25, -0.2) is 4.39 Å². The molecule has 170 valence electrons. The molecule has 5 nitrogen and oxygen atoms in total. The first kappa shape index (κ1) is 23.3. The third kappa shape index (κ3) is 4.59. The number of aromatic hydroxyl groups is 3. The molecule has 1 aliphatic heterocycles. The van der Waals surface area contributed by atoms with E-state index in [-0.39, 0.29) is 23.7 Å². The van der Waals surface area contributed by atoms with Crippen molar-refractivity contribution in [3.63, 3.8) is 0 Å². The lowest BCUT2D eigenvalue weighted by Gasteiger charge is -2.27. The summed E-state index contributed by atoms with van der Waals surface area (Å²) in [4.78, 5) is 0. The smallest absolute Gasteiger partial charge is 0.172 e. The van der Waals surface area contributed by atoms with E-state index >= 15 is 0 Å². The Labute approximate surface area is 187 Å². The van der Waals surface area contributed by atoms with Crippen LogP contribution in [0.1, 0.15) is 49.9 Å². The van der Waals surface area contributed by atoms with Gasteiger partial charge in [-0.1, -0.05) is 23.3 Å². The molecule has 0 saturated heterocycles. The minimum atomic E-state index is -0.785. The third-order valence-electron chi connectivity index (χ3n) is 5.37. The van der Waals surface area contributed by atoms with Gasteiger partial charge in [0.25, 0.3) is 0 Å². The highest BCUT2D eigenvalue weighted by Crippen LogP contribution is 2.48. The fourth-order valence-corrected chi connectivity index (χ4v) is 3.59. The number of phenols is 3. The molecule has 2 aromatic carbocycles. The van der Waals surface area contributed by atoms with E-state index in [2.05, 4.69) is 0 Å². The average molecular weight is 441 g/mol. The normalized spacial score (nSPS) is 12.7. The zero-order valence-electron chi connectivity index (χ0n) is 19.0. The average Bonchev–Trinajstić information content (AvgIpc) is 2.74. The Hall–Kier alpha value is -3.41. The van der Waals surface area contributed by atoms with Gasteiger partial charge in [-0.3, -0.25) is 0 Å². The van der Waals surface area contributed by atoms with Gasteiger partial charge in [0.05, 0.1) is 7.11 Å². The molecule has 0 fully saturated rings. The molecule has 0 aliphatic carbocycles. The molecule has 32 heavy (non-hydrogen) atoms. The highest BCUT2D eigenvalue weighted by molar-refractivity contribution is 5.73. The van der Waals surface area contributed by atoms with E-state index in [0.29, 0.717) is 46.6 Å². The number of benzene rings is 2. The largest absolute Gasteiger partial charge is 0.507 e. The van der Waals surface area contributed by atoms with Crippen LogP contribution in [-0.2, 0) is 24.0 Å². The van der Waals surface area contributed by atoms with Gasteiger partial charge in [0.2, 0.25) is 0 Å². The maximum atomic E-state index is 14.0. The van der Waals surface area contributed by atoms with Crippen LogP contribution in [0.5, 0.6) is 23.0 Å². The van der Waals surface area contributed by atoms with Gasteiger partial charge in [0, 0.05) is 28.7 Å². The number of hydrogen-bond donors (Lipinski definition) is 3. The molecule has 0 unspecified atom stereocenters. The van der Waals surface area contributed by atoms with Crippen molar-refractivity contribution in [1.82, 2.24) is 0 Å². The number of allylic oxidation sites excluding steroid dienone is 5. The number of rotatable bonds is 6. The van der Waals surface area contributed by atoms with Crippen LogP contribution in [0.2, 0.25) is 0 Å². The van der Waals surface area contributed by atoms with Crippen molar-refractivity contribution < 1.29 is 29.2 Å². The van der Waals surface area contributed by atoms with Crippen molar-refractivity contribution in [2.24, 2.45) is 0 Å². The third-order valence-corrected chi connectivity index (χ3v) is 5.37. The molecule has 3 rings (SSSR count). The van der Waals surface area contributed by atoms with Crippen LogP contribution in [0.15, 0.2) is 47.3 Å². The maximum Gasteiger partial charge on any atom is 0.172 e. The zero-order valence-corrected chi connectivity index (χ0v) is 19.0. The quantitative estimate of drug-likeness (QED) is 0.487. The number of phenolic OH excluding ortho intramolecular Hbond substituents is 3. The van der Waals surface area contributed by atoms with Gasteiger partial charge in [0.1, 0.15) is 23.0 Å². The van der Waals surface area contributed by atoms with Gasteiger partial charge in [-0.05, 0) is 58.7 Å². The highest BCUT2D eigenvalue weighted by Gasteiger charge is 2.31. The molecule has 1 aliphatic rings. The first-order valence-electron chi connectivity index (χ1n) is 10.4. The van der Waals surface area contributed by atoms with Crippen LogP contribution >= 0.6 is 0 Å². The summed E-state index contributed by atoms with van der Waals surface area (Å²) < 4.78 is 25.7. The molecule has 1 heterocycles. The molecule has 0 amide bonds. The summed E-state index contributed by atoms with van der Waals surface area (Å²) in [7, 11) is 1.48. The number of methoxy groups -OCH3 is 1. The fourth-order valence-electron chi connectivity index (χ4n) is 3.59. The summed E-state index contributed by atoms with van der Waals surface area (Å²) >= 11 is 0. The van der Waals surface area contributed by atoms with E-state index in [1.165, 1.54) is 19.2 Å². The van der Waals surface area contributed by atoms with Gasteiger partial charge in [0.15, 0.2) is 17.3 Å². The molecular formula is C26H29FO5. The number of fused-ring (bicyclic) bond motifs is 1. The van der Waals surface area contributed by atoms with E-state index < -0.39 is 11.6 Å². The molecular weight excluding hydrogens is 411 g/mol. The molecule has 0 atom stereocenters. The lowest BCUT2D eigenvalue weighted by atomic mass is 9.91. The van der Waals surface area contributed by atoms with Crippen molar-refractivity contribution >= 4 is 5.76 Å². The van der Waals surface area contributed by atoms with Crippen LogP contribution in [0, 0.1) is 5.82 Å². The van der Waals surface area contributed by atoms with Crippen LogP contribution in [0.25, 0.3) is 5.76 Å². The molecule has 2 aromatic rings. The summed E-state index contributed by atoms with van der Waals surface area (Å²) in [6, 6.07) is 3.93. The maximum absolute atomic E-state index is 14.0. The standard InChI is InChI=1S/C26H29FO5/c1-14(2)6-9-17-23(29)18(10-7-15(3)4)26-19(24(17)30)13-22(31-5)25(32-26)16-8-11-21(28)20(27)12-16/h6-8,11-12,28-30H,9-10,13H2,1-5H3. The van der Waals surface area contributed by atoms with Gasteiger partial charge in [-0.2, -0.15) is 0 Å².